The summed E-state index contributed by atoms with van der Waals surface area (Å²) < 4.78 is 9.51. The molecular weight excluding hydrogens is 389 g/mol. The van der Waals surface area contributed by atoms with Gasteiger partial charge in [0.15, 0.2) is 0 Å². The third-order valence-corrected chi connectivity index (χ3v) is 5.32. The Bertz CT molecular complexity index is 741. The number of hydrogen-bond donors (Lipinski definition) is 1. The van der Waals surface area contributed by atoms with Gasteiger partial charge in [0.1, 0.15) is 11.0 Å². The van der Waals surface area contributed by atoms with Gasteiger partial charge in [-0.25, -0.2) is 0 Å². The van der Waals surface area contributed by atoms with Gasteiger partial charge in [-0.05, 0) is 28.1 Å². The second kappa shape index (κ2) is 5.54. The smallest absolute Gasteiger partial charge is 0.130 e. The highest BCUT2D eigenvalue weighted by Gasteiger charge is 2.13. The van der Waals surface area contributed by atoms with E-state index in [0.717, 1.165) is 27.4 Å². The van der Waals surface area contributed by atoms with E-state index in [0.29, 0.717) is 22.1 Å². The first-order valence-corrected chi connectivity index (χ1v) is 8.38. The molecule has 0 aliphatic carbocycles. The Kier molecular flexibility index (Phi) is 3.96. The number of anilines is 1. The van der Waals surface area contributed by atoms with Crippen LogP contribution in [0, 0.1) is 0 Å². The van der Waals surface area contributed by atoms with E-state index in [-0.39, 0.29) is 0 Å². The Morgan fingerprint density at radius 2 is 1.95 bits per heavy atom. The molecule has 8 heteroatoms. The molecule has 19 heavy (non-hydrogen) atoms. The topological polar surface area (TPSA) is 37.8 Å². The minimum atomic E-state index is 0.526. The van der Waals surface area contributed by atoms with Crippen molar-refractivity contribution >= 4 is 78.9 Å². The summed E-state index contributed by atoms with van der Waals surface area (Å²) in [7, 11) is 0. The molecule has 0 atom stereocenters. The van der Waals surface area contributed by atoms with Gasteiger partial charge in [-0.2, -0.15) is 8.75 Å². The fourth-order valence-electron chi connectivity index (χ4n) is 1.66. The molecule has 1 N–H and O–H groups in total. The van der Waals surface area contributed by atoms with Crippen LogP contribution >= 0.6 is 62.2 Å². The van der Waals surface area contributed by atoms with Crippen LogP contribution in [0.1, 0.15) is 4.88 Å². The van der Waals surface area contributed by atoms with E-state index in [1.807, 2.05) is 5.38 Å². The Balaban J connectivity index is 1.94. The van der Waals surface area contributed by atoms with Crippen LogP contribution in [0.3, 0.4) is 0 Å². The first kappa shape index (κ1) is 13.6. The van der Waals surface area contributed by atoms with Crippen molar-refractivity contribution in [3.63, 3.8) is 0 Å². The molecule has 2 heterocycles. The van der Waals surface area contributed by atoms with E-state index in [9.17, 15) is 0 Å². The lowest BCUT2D eigenvalue weighted by atomic mass is 10.2. The molecule has 0 spiro atoms. The lowest BCUT2D eigenvalue weighted by Gasteiger charge is -2.08. The van der Waals surface area contributed by atoms with E-state index >= 15 is 0 Å². The third kappa shape index (κ3) is 2.73. The number of rotatable bonds is 3. The quantitative estimate of drug-likeness (QED) is 0.643. The molecule has 98 valence electrons. The molecular formula is C11H6BrCl2N3S2. The molecule has 3 nitrogen and oxygen atoms in total. The molecule has 3 rings (SSSR count). The summed E-state index contributed by atoms with van der Waals surface area (Å²) in [5.74, 6) is 0. The molecule has 2 aromatic heterocycles. The minimum absolute atomic E-state index is 0.526. The molecule has 0 saturated heterocycles. The van der Waals surface area contributed by atoms with Crippen molar-refractivity contribution in [2.24, 2.45) is 0 Å². The fourth-order valence-corrected chi connectivity index (χ4v) is 4.23. The normalized spacial score (nSPS) is 11.1. The zero-order chi connectivity index (χ0) is 13.4. The van der Waals surface area contributed by atoms with Crippen LogP contribution in [0.4, 0.5) is 5.69 Å². The second-order valence-electron chi connectivity index (χ2n) is 3.76. The largest absolute Gasteiger partial charge is 0.377 e. The number of aromatic nitrogens is 2. The van der Waals surface area contributed by atoms with E-state index in [2.05, 4.69) is 36.1 Å². The first-order chi connectivity index (χ1) is 9.15. The standard InChI is InChI=1S/C11H6BrCl2N3S2/c12-5-1-6(18-4-5)3-15-9-7(13)2-8(14)10-11(9)17-19-16-10/h1-2,4,15H,3H2. The van der Waals surface area contributed by atoms with E-state index in [4.69, 9.17) is 23.2 Å². The lowest BCUT2D eigenvalue weighted by molar-refractivity contribution is 1.20. The Morgan fingerprint density at radius 3 is 2.68 bits per heavy atom. The Hall–Kier alpha value is -0.400. The van der Waals surface area contributed by atoms with Crippen LogP contribution in [0.15, 0.2) is 22.0 Å². The summed E-state index contributed by atoms with van der Waals surface area (Å²) in [4.78, 5) is 1.20. The molecule has 0 fully saturated rings. The van der Waals surface area contributed by atoms with Gasteiger partial charge in [0.05, 0.1) is 27.5 Å². The zero-order valence-corrected chi connectivity index (χ0v) is 14.0. The summed E-state index contributed by atoms with van der Waals surface area (Å²) in [6, 6.07) is 3.76. The van der Waals surface area contributed by atoms with Gasteiger partial charge >= 0.3 is 0 Å². The zero-order valence-electron chi connectivity index (χ0n) is 9.28. The molecule has 0 saturated carbocycles. The van der Waals surface area contributed by atoms with E-state index in [1.54, 1.807) is 17.4 Å². The van der Waals surface area contributed by atoms with E-state index < -0.39 is 0 Å². The number of benzene rings is 1. The van der Waals surface area contributed by atoms with E-state index in [1.165, 1.54) is 4.88 Å². The van der Waals surface area contributed by atoms with Gasteiger partial charge in [-0.3, -0.25) is 0 Å². The Morgan fingerprint density at radius 1 is 1.16 bits per heavy atom. The van der Waals surface area contributed by atoms with Crippen LogP contribution in [-0.4, -0.2) is 8.75 Å². The maximum atomic E-state index is 6.22. The molecule has 0 amide bonds. The summed E-state index contributed by atoms with van der Waals surface area (Å²) in [5.41, 5.74) is 2.18. The maximum Gasteiger partial charge on any atom is 0.130 e. The van der Waals surface area contributed by atoms with Crippen molar-refractivity contribution in [1.29, 1.82) is 0 Å². The van der Waals surface area contributed by atoms with Gasteiger partial charge in [0.2, 0.25) is 0 Å². The summed E-state index contributed by atoms with van der Waals surface area (Å²) in [5, 5.41) is 6.43. The molecule has 3 aromatic rings. The van der Waals surface area contributed by atoms with Crippen LogP contribution in [0.2, 0.25) is 10.0 Å². The number of halogens is 3. The summed E-state index contributed by atoms with van der Waals surface area (Å²) in [6.07, 6.45) is 0. The van der Waals surface area contributed by atoms with Gasteiger partial charge in [0.25, 0.3) is 0 Å². The highest BCUT2D eigenvalue weighted by atomic mass is 79.9. The maximum absolute atomic E-state index is 6.22. The van der Waals surface area contributed by atoms with Crippen molar-refractivity contribution < 1.29 is 0 Å². The van der Waals surface area contributed by atoms with Crippen LogP contribution in [0.25, 0.3) is 11.0 Å². The SMILES string of the molecule is Clc1cc(Cl)c2nsnc2c1NCc1cc(Br)cs1. The van der Waals surface area contributed by atoms with Crippen molar-refractivity contribution in [2.45, 2.75) is 6.54 Å². The highest BCUT2D eigenvalue weighted by molar-refractivity contribution is 9.10. The van der Waals surface area contributed by atoms with Crippen molar-refractivity contribution in [3.8, 4) is 0 Å². The minimum Gasteiger partial charge on any atom is -0.377 e. The van der Waals surface area contributed by atoms with Crippen LogP contribution < -0.4 is 5.32 Å². The van der Waals surface area contributed by atoms with Crippen molar-refractivity contribution in [3.05, 3.63) is 36.9 Å². The molecule has 0 aliphatic heterocycles. The van der Waals surface area contributed by atoms with Crippen molar-refractivity contribution in [1.82, 2.24) is 8.75 Å². The molecule has 0 aliphatic rings. The fraction of sp³-hybridized carbons (Fsp3) is 0.0909. The first-order valence-electron chi connectivity index (χ1n) is 5.22. The number of nitrogens with zero attached hydrogens (tertiary/aromatic N) is 2. The number of fused-ring (bicyclic) bond motifs is 1. The molecule has 0 radical (unpaired) electrons. The van der Waals surface area contributed by atoms with Gasteiger partial charge in [0, 0.05) is 21.3 Å². The Labute approximate surface area is 136 Å². The number of nitrogens with one attached hydrogen (secondary N) is 1. The average molecular weight is 395 g/mol. The molecule has 0 unspecified atom stereocenters. The van der Waals surface area contributed by atoms with Gasteiger partial charge < -0.3 is 5.32 Å². The summed E-state index contributed by atoms with van der Waals surface area (Å²) in [6.45, 7) is 0.685. The monoisotopic (exact) mass is 393 g/mol. The van der Waals surface area contributed by atoms with Crippen LogP contribution in [0.5, 0.6) is 0 Å². The predicted molar refractivity (Wildman–Crippen MR) is 86.8 cm³/mol. The number of hydrogen-bond acceptors (Lipinski definition) is 5. The number of thiophene rings is 1. The van der Waals surface area contributed by atoms with Gasteiger partial charge in [-0.15, -0.1) is 11.3 Å². The summed E-state index contributed by atoms with van der Waals surface area (Å²) >= 11 is 18.5. The van der Waals surface area contributed by atoms with Crippen LogP contribution in [-0.2, 0) is 6.54 Å². The van der Waals surface area contributed by atoms with Crippen molar-refractivity contribution in [2.75, 3.05) is 5.32 Å². The highest BCUT2D eigenvalue weighted by Crippen LogP contribution is 2.35. The lowest BCUT2D eigenvalue weighted by Crippen LogP contribution is -1.99. The van der Waals surface area contributed by atoms with Gasteiger partial charge in [-0.1, -0.05) is 23.2 Å². The molecule has 1 aromatic carbocycles. The average Bonchev–Trinajstić information content (AvgIpc) is 2.98. The third-order valence-electron chi connectivity index (χ3n) is 2.50. The predicted octanol–water partition coefficient (Wildman–Crippen LogP) is 5.43. The second-order valence-corrected chi connectivity index (χ2v) is 7.02. The molecule has 0 bridgehead atoms.